The molecule has 7 aromatic rings. The highest BCUT2D eigenvalue weighted by atomic mass is 16.5. The topological polar surface area (TPSA) is 9.23 Å². The lowest BCUT2D eigenvalue weighted by molar-refractivity contribution is 0.458. The second-order valence-electron chi connectivity index (χ2n) is 12.8. The van der Waals surface area contributed by atoms with Crippen LogP contribution >= 0.6 is 0 Å². The zero-order chi connectivity index (χ0) is 30.2. The van der Waals surface area contributed by atoms with Crippen LogP contribution in [0.2, 0.25) is 0 Å². The van der Waals surface area contributed by atoms with Gasteiger partial charge in [0.05, 0.1) is 5.41 Å². The fourth-order valence-electron chi connectivity index (χ4n) is 8.49. The molecule has 2 atom stereocenters. The molecule has 1 heterocycles. The van der Waals surface area contributed by atoms with Gasteiger partial charge >= 0.3 is 0 Å². The molecule has 1 nitrogen and oxygen atoms in total. The zero-order valence-electron chi connectivity index (χ0n) is 25.3. The van der Waals surface area contributed by atoms with E-state index < -0.39 is 0 Å². The van der Waals surface area contributed by atoms with Gasteiger partial charge < -0.3 is 4.74 Å². The van der Waals surface area contributed by atoms with Gasteiger partial charge in [0, 0.05) is 10.9 Å². The number of ether oxygens (including phenoxy) is 1. The third-order valence-corrected chi connectivity index (χ3v) is 10.5. The van der Waals surface area contributed by atoms with E-state index in [1.165, 1.54) is 60.5 Å². The molecule has 10 rings (SSSR count). The number of allylic oxidation sites excluding steroid dienone is 4. The molecule has 2 unspecified atom stereocenters. The van der Waals surface area contributed by atoms with Crippen molar-refractivity contribution in [2.45, 2.75) is 11.8 Å². The lowest BCUT2D eigenvalue weighted by Crippen LogP contribution is -2.35. The molecule has 7 aromatic carbocycles. The Labute approximate surface area is 268 Å². The summed E-state index contributed by atoms with van der Waals surface area (Å²) in [6.45, 7) is 0. The molecule has 0 saturated heterocycles. The van der Waals surface area contributed by atoms with Gasteiger partial charge in [-0.1, -0.05) is 127 Å². The van der Waals surface area contributed by atoms with Gasteiger partial charge in [-0.15, -0.1) is 0 Å². The highest BCUT2D eigenvalue weighted by Gasteiger charge is 2.49. The first kappa shape index (κ1) is 25.6. The zero-order valence-corrected chi connectivity index (χ0v) is 25.3. The summed E-state index contributed by atoms with van der Waals surface area (Å²) in [5.74, 6) is 2.11. The van der Waals surface area contributed by atoms with Crippen LogP contribution in [0.1, 0.15) is 23.1 Å². The summed E-state index contributed by atoms with van der Waals surface area (Å²) < 4.78 is 6.59. The number of rotatable bonds is 3. The van der Waals surface area contributed by atoms with Crippen LogP contribution in [0.5, 0.6) is 11.5 Å². The van der Waals surface area contributed by atoms with Crippen LogP contribution < -0.4 is 4.74 Å². The molecule has 1 heteroatoms. The summed E-state index contributed by atoms with van der Waals surface area (Å²) >= 11 is 0. The second kappa shape index (κ2) is 9.67. The molecular formula is C45H30O. The number of benzene rings is 7. The van der Waals surface area contributed by atoms with Crippen LogP contribution in [0, 0.1) is 5.92 Å². The summed E-state index contributed by atoms with van der Waals surface area (Å²) in [7, 11) is 0. The lowest BCUT2D eigenvalue weighted by Gasteiger charge is -2.40. The fourth-order valence-corrected chi connectivity index (χ4v) is 8.49. The summed E-state index contributed by atoms with van der Waals surface area (Å²) in [5, 5.41) is 4.96. The Morgan fingerprint density at radius 2 is 1.22 bits per heavy atom. The van der Waals surface area contributed by atoms with Gasteiger partial charge in [-0.25, -0.2) is 0 Å². The molecular weight excluding hydrogens is 556 g/mol. The van der Waals surface area contributed by atoms with Gasteiger partial charge in [0.25, 0.3) is 0 Å². The maximum Gasteiger partial charge on any atom is 0.135 e. The third kappa shape index (κ3) is 3.51. The molecule has 2 aliphatic carbocycles. The van der Waals surface area contributed by atoms with E-state index in [4.69, 9.17) is 4.74 Å². The SMILES string of the molecule is C1=CCC(C2(c3ccccc3)c3cc(-c4ccc5c(c4)Oc4cccc6cccc-5c46)ccc3-c3cc4ccccc4cc32)C=C1. The molecule has 0 fully saturated rings. The monoisotopic (exact) mass is 586 g/mol. The minimum Gasteiger partial charge on any atom is -0.456 e. The Kier molecular flexibility index (Phi) is 5.39. The van der Waals surface area contributed by atoms with E-state index in [0.717, 1.165) is 29.0 Å². The third-order valence-electron chi connectivity index (χ3n) is 10.5. The molecule has 0 saturated carbocycles. The Hall–Kier alpha value is -5.66. The molecule has 0 radical (unpaired) electrons. The second-order valence-corrected chi connectivity index (χ2v) is 12.8. The van der Waals surface area contributed by atoms with Crippen molar-refractivity contribution in [3.05, 3.63) is 181 Å². The van der Waals surface area contributed by atoms with E-state index in [9.17, 15) is 0 Å². The van der Waals surface area contributed by atoms with Crippen molar-refractivity contribution in [3.8, 4) is 44.9 Å². The lowest BCUT2D eigenvalue weighted by atomic mass is 9.62. The summed E-state index contributed by atoms with van der Waals surface area (Å²) in [6.07, 6.45) is 10.2. The van der Waals surface area contributed by atoms with Crippen LogP contribution in [0.3, 0.4) is 0 Å². The standard InChI is InChI=1S/C45H30O/c1-3-15-34(16-4-1)45(35-17-5-2-6-18-35)40-27-32(21-23-36(40)39-25-30-11-7-8-12-31(30)26-41(39)45)33-22-24-37-38-19-9-13-29-14-10-20-42(44(29)38)46-43(37)28-33/h1-17,19-28,35H,18H2. The summed E-state index contributed by atoms with van der Waals surface area (Å²) in [5.41, 5.74) is 11.2. The molecule has 0 N–H and O–H groups in total. The quantitative estimate of drug-likeness (QED) is 0.200. The van der Waals surface area contributed by atoms with Crippen LogP contribution in [-0.2, 0) is 5.41 Å². The first-order chi connectivity index (χ1) is 22.8. The average molecular weight is 587 g/mol. The molecule has 3 aliphatic rings. The summed E-state index contributed by atoms with van der Waals surface area (Å²) in [4.78, 5) is 0. The minimum atomic E-state index is -0.327. The minimum absolute atomic E-state index is 0.278. The van der Waals surface area contributed by atoms with E-state index in [0.29, 0.717) is 0 Å². The summed E-state index contributed by atoms with van der Waals surface area (Å²) in [6, 6.07) is 51.6. The molecule has 0 amide bonds. The average Bonchev–Trinajstić information content (AvgIpc) is 3.40. The van der Waals surface area contributed by atoms with E-state index >= 15 is 0 Å². The van der Waals surface area contributed by atoms with Gasteiger partial charge in [0.1, 0.15) is 11.5 Å². The van der Waals surface area contributed by atoms with Crippen molar-refractivity contribution in [3.63, 3.8) is 0 Å². The Morgan fingerprint density at radius 3 is 2.04 bits per heavy atom. The van der Waals surface area contributed by atoms with Crippen LogP contribution in [0.4, 0.5) is 0 Å². The normalized spacial score (nSPS) is 18.7. The predicted molar refractivity (Wildman–Crippen MR) is 191 cm³/mol. The number of hydrogen-bond donors (Lipinski definition) is 0. The molecule has 216 valence electrons. The van der Waals surface area contributed by atoms with Gasteiger partial charge in [0.15, 0.2) is 0 Å². The Morgan fingerprint density at radius 1 is 0.500 bits per heavy atom. The number of fused-ring (bicyclic) bond motifs is 6. The van der Waals surface area contributed by atoms with Crippen molar-refractivity contribution in [2.75, 3.05) is 0 Å². The van der Waals surface area contributed by atoms with Crippen molar-refractivity contribution < 1.29 is 4.74 Å². The first-order valence-electron chi connectivity index (χ1n) is 16.2. The highest BCUT2D eigenvalue weighted by Crippen LogP contribution is 2.59. The largest absolute Gasteiger partial charge is 0.456 e. The molecule has 1 aliphatic heterocycles. The first-order valence-corrected chi connectivity index (χ1v) is 16.2. The molecule has 0 bridgehead atoms. The van der Waals surface area contributed by atoms with E-state index in [-0.39, 0.29) is 11.3 Å². The van der Waals surface area contributed by atoms with E-state index in [1.807, 2.05) is 0 Å². The Bertz CT molecular complexity index is 2420. The highest BCUT2D eigenvalue weighted by molar-refractivity contribution is 6.04. The van der Waals surface area contributed by atoms with E-state index in [1.54, 1.807) is 0 Å². The Balaban J connectivity index is 1.21. The van der Waals surface area contributed by atoms with Crippen molar-refractivity contribution in [1.82, 2.24) is 0 Å². The van der Waals surface area contributed by atoms with Gasteiger partial charge in [-0.2, -0.15) is 0 Å². The predicted octanol–water partition coefficient (Wildman–Crippen LogP) is 11.9. The van der Waals surface area contributed by atoms with Crippen molar-refractivity contribution in [1.29, 1.82) is 0 Å². The molecule has 0 aromatic heterocycles. The molecule has 46 heavy (non-hydrogen) atoms. The van der Waals surface area contributed by atoms with Crippen LogP contribution in [-0.4, -0.2) is 0 Å². The van der Waals surface area contributed by atoms with Crippen molar-refractivity contribution in [2.24, 2.45) is 5.92 Å². The van der Waals surface area contributed by atoms with Gasteiger partial charge in [0.2, 0.25) is 0 Å². The number of hydrogen-bond acceptors (Lipinski definition) is 1. The maximum absolute atomic E-state index is 6.59. The van der Waals surface area contributed by atoms with Crippen LogP contribution in [0.25, 0.3) is 54.9 Å². The fraction of sp³-hybridized carbons (Fsp3) is 0.0667. The van der Waals surface area contributed by atoms with E-state index in [2.05, 4.69) is 164 Å². The van der Waals surface area contributed by atoms with Gasteiger partial charge in [-0.3, -0.25) is 0 Å². The van der Waals surface area contributed by atoms with Crippen LogP contribution in [0.15, 0.2) is 164 Å². The smallest absolute Gasteiger partial charge is 0.135 e. The van der Waals surface area contributed by atoms with Gasteiger partial charge in [-0.05, 0) is 109 Å². The maximum atomic E-state index is 6.59. The molecule has 0 spiro atoms. The van der Waals surface area contributed by atoms with Crippen molar-refractivity contribution >= 4 is 21.5 Å².